The minimum atomic E-state index is -0.768. The summed E-state index contributed by atoms with van der Waals surface area (Å²) in [7, 11) is 0. The summed E-state index contributed by atoms with van der Waals surface area (Å²) in [5.74, 6) is -0.314. The van der Waals surface area contributed by atoms with E-state index >= 15 is 0 Å². The van der Waals surface area contributed by atoms with Gasteiger partial charge in [0.15, 0.2) is 6.61 Å². The van der Waals surface area contributed by atoms with E-state index in [4.69, 9.17) is 4.74 Å². The van der Waals surface area contributed by atoms with Crippen LogP contribution in [0.5, 0.6) is 5.75 Å². The molecule has 2 rings (SSSR count). The number of likely N-dealkylation sites (tertiary alicyclic amines) is 1. The Morgan fingerprint density at radius 2 is 2.10 bits per heavy atom. The highest BCUT2D eigenvalue weighted by atomic mass is 19.1. The quantitative estimate of drug-likeness (QED) is 0.921. The van der Waals surface area contributed by atoms with Crippen LogP contribution in [0.2, 0.25) is 0 Å². The molecule has 110 valence electrons. The Bertz CT molecular complexity index is 470. The molecule has 1 heterocycles. The molecule has 1 aromatic carbocycles. The third-order valence-electron chi connectivity index (χ3n) is 3.49. The molecule has 1 saturated heterocycles. The van der Waals surface area contributed by atoms with Crippen LogP contribution in [0, 0.1) is 5.82 Å². The van der Waals surface area contributed by atoms with Gasteiger partial charge in [-0.1, -0.05) is 0 Å². The first-order valence-electron chi connectivity index (χ1n) is 6.96. The Kier molecular flexibility index (Phi) is 4.95. The van der Waals surface area contributed by atoms with E-state index in [0.717, 1.165) is 32.4 Å². The molecule has 1 fully saturated rings. The molecule has 1 unspecified atom stereocenters. The van der Waals surface area contributed by atoms with Gasteiger partial charge < -0.3 is 14.7 Å². The number of aliphatic hydroxyl groups excluding tert-OH is 1. The molecule has 0 radical (unpaired) electrons. The number of aliphatic hydroxyl groups is 1. The summed E-state index contributed by atoms with van der Waals surface area (Å²) in [5, 5.41) is 9.61. The average molecular weight is 281 g/mol. The number of halogens is 1. The van der Waals surface area contributed by atoms with Crippen molar-refractivity contribution in [2.45, 2.75) is 32.3 Å². The molecule has 1 N–H and O–H groups in total. The number of carbonyl (C=O) groups excluding carboxylic acids is 1. The van der Waals surface area contributed by atoms with Crippen LogP contribution in [0.15, 0.2) is 18.2 Å². The van der Waals surface area contributed by atoms with Crippen molar-refractivity contribution >= 4 is 5.91 Å². The second-order valence-corrected chi connectivity index (χ2v) is 5.09. The van der Waals surface area contributed by atoms with E-state index in [0.29, 0.717) is 5.56 Å². The number of piperidine rings is 1. The number of rotatable bonds is 4. The molecule has 4 nitrogen and oxygen atoms in total. The fourth-order valence-corrected chi connectivity index (χ4v) is 2.35. The van der Waals surface area contributed by atoms with Gasteiger partial charge in [0.25, 0.3) is 5.91 Å². The predicted octanol–water partition coefficient (Wildman–Crippen LogP) is 2.27. The lowest BCUT2D eigenvalue weighted by Crippen LogP contribution is -2.38. The van der Waals surface area contributed by atoms with Gasteiger partial charge in [-0.05, 0) is 38.3 Å². The number of benzene rings is 1. The first-order valence-corrected chi connectivity index (χ1v) is 6.96. The van der Waals surface area contributed by atoms with Crippen molar-refractivity contribution in [1.82, 2.24) is 4.90 Å². The molecular formula is C15H20FNO3. The van der Waals surface area contributed by atoms with Crippen molar-refractivity contribution in [2.75, 3.05) is 19.7 Å². The van der Waals surface area contributed by atoms with E-state index in [2.05, 4.69) is 0 Å². The number of hydrogen-bond acceptors (Lipinski definition) is 3. The van der Waals surface area contributed by atoms with E-state index in [9.17, 15) is 14.3 Å². The molecule has 1 aliphatic heterocycles. The zero-order valence-corrected chi connectivity index (χ0v) is 11.6. The standard InChI is InChI=1S/C15H20FNO3/c1-11(18)13-6-5-12(16)9-14(13)20-10-15(19)17-7-3-2-4-8-17/h5-6,9,11,18H,2-4,7-8,10H2,1H3. The number of nitrogens with zero attached hydrogens (tertiary/aromatic N) is 1. The van der Waals surface area contributed by atoms with Crippen molar-refractivity contribution in [2.24, 2.45) is 0 Å². The summed E-state index contributed by atoms with van der Waals surface area (Å²) in [6, 6.07) is 3.94. The Labute approximate surface area is 118 Å². The number of hydrogen-bond donors (Lipinski definition) is 1. The first-order chi connectivity index (χ1) is 9.58. The zero-order valence-electron chi connectivity index (χ0n) is 11.6. The van der Waals surface area contributed by atoms with Gasteiger partial charge in [-0.3, -0.25) is 4.79 Å². The van der Waals surface area contributed by atoms with E-state index in [-0.39, 0.29) is 18.3 Å². The van der Waals surface area contributed by atoms with Crippen LogP contribution >= 0.6 is 0 Å². The third-order valence-corrected chi connectivity index (χ3v) is 3.49. The summed E-state index contributed by atoms with van der Waals surface area (Å²) >= 11 is 0. The van der Waals surface area contributed by atoms with Gasteiger partial charge in [-0.25, -0.2) is 4.39 Å². The molecule has 5 heteroatoms. The van der Waals surface area contributed by atoms with E-state index in [1.165, 1.54) is 18.2 Å². The van der Waals surface area contributed by atoms with Crippen LogP contribution in [-0.4, -0.2) is 35.6 Å². The topological polar surface area (TPSA) is 49.8 Å². The van der Waals surface area contributed by atoms with Gasteiger partial charge in [-0.15, -0.1) is 0 Å². The van der Waals surface area contributed by atoms with Crippen LogP contribution in [0.4, 0.5) is 4.39 Å². The highest BCUT2D eigenvalue weighted by Gasteiger charge is 2.18. The van der Waals surface area contributed by atoms with Crippen molar-refractivity contribution in [3.05, 3.63) is 29.6 Å². The Balaban J connectivity index is 1.99. The van der Waals surface area contributed by atoms with Gasteiger partial charge in [0.2, 0.25) is 0 Å². The minimum Gasteiger partial charge on any atom is -0.483 e. The average Bonchev–Trinajstić information content (AvgIpc) is 2.45. The summed E-state index contributed by atoms with van der Waals surface area (Å²) in [5.41, 5.74) is 0.484. The van der Waals surface area contributed by atoms with Gasteiger partial charge in [-0.2, -0.15) is 0 Å². The second-order valence-electron chi connectivity index (χ2n) is 5.09. The summed E-state index contributed by atoms with van der Waals surface area (Å²) in [6.45, 7) is 2.97. The predicted molar refractivity (Wildman–Crippen MR) is 73.0 cm³/mol. The molecule has 1 atom stereocenters. The second kappa shape index (κ2) is 6.70. The largest absolute Gasteiger partial charge is 0.483 e. The molecule has 0 spiro atoms. The minimum absolute atomic E-state index is 0.0921. The van der Waals surface area contributed by atoms with Gasteiger partial charge in [0.1, 0.15) is 11.6 Å². The maximum Gasteiger partial charge on any atom is 0.260 e. The molecule has 0 aromatic heterocycles. The molecule has 1 aromatic rings. The smallest absolute Gasteiger partial charge is 0.260 e. The van der Waals surface area contributed by atoms with Crippen molar-refractivity contribution in [3.63, 3.8) is 0 Å². The first kappa shape index (κ1) is 14.8. The van der Waals surface area contributed by atoms with Crippen molar-refractivity contribution in [3.8, 4) is 5.75 Å². The van der Waals surface area contributed by atoms with Gasteiger partial charge in [0, 0.05) is 24.7 Å². The van der Waals surface area contributed by atoms with E-state index < -0.39 is 11.9 Å². The van der Waals surface area contributed by atoms with Gasteiger partial charge >= 0.3 is 0 Å². The molecule has 1 aliphatic rings. The summed E-state index contributed by atoms with van der Waals surface area (Å²) < 4.78 is 18.6. The summed E-state index contributed by atoms with van der Waals surface area (Å²) in [6.07, 6.45) is 2.42. The third kappa shape index (κ3) is 3.70. The van der Waals surface area contributed by atoms with E-state index in [1.54, 1.807) is 11.8 Å². The van der Waals surface area contributed by atoms with Crippen LogP contribution in [-0.2, 0) is 4.79 Å². The van der Waals surface area contributed by atoms with Crippen molar-refractivity contribution < 1.29 is 19.0 Å². The van der Waals surface area contributed by atoms with Crippen molar-refractivity contribution in [1.29, 1.82) is 0 Å². The molecule has 0 bridgehead atoms. The fraction of sp³-hybridized carbons (Fsp3) is 0.533. The Hall–Kier alpha value is -1.62. The maximum absolute atomic E-state index is 13.2. The van der Waals surface area contributed by atoms with Crippen LogP contribution in [0.3, 0.4) is 0 Å². The highest BCUT2D eigenvalue weighted by molar-refractivity contribution is 5.77. The van der Waals surface area contributed by atoms with Crippen LogP contribution < -0.4 is 4.74 Å². The monoisotopic (exact) mass is 281 g/mol. The lowest BCUT2D eigenvalue weighted by molar-refractivity contribution is -0.134. The number of carbonyl (C=O) groups is 1. The summed E-state index contributed by atoms with van der Waals surface area (Å²) in [4.78, 5) is 13.8. The molecule has 1 amide bonds. The zero-order chi connectivity index (χ0) is 14.5. The fourth-order valence-electron chi connectivity index (χ4n) is 2.35. The Morgan fingerprint density at radius 3 is 2.75 bits per heavy atom. The lowest BCUT2D eigenvalue weighted by atomic mass is 10.1. The number of ether oxygens (including phenoxy) is 1. The number of amides is 1. The highest BCUT2D eigenvalue weighted by Crippen LogP contribution is 2.26. The SMILES string of the molecule is CC(O)c1ccc(F)cc1OCC(=O)N1CCCCC1. The van der Waals surface area contributed by atoms with Gasteiger partial charge in [0.05, 0.1) is 6.10 Å². The molecule has 0 aliphatic carbocycles. The molecular weight excluding hydrogens is 261 g/mol. The maximum atomic E-state index is 13.2. The molecule has 20 heavy (non-hydrogen) atoms. The normalized spacial score (nSPS) is 16.9. The lowest BCUT2D eigenvalue weighted by Gasteiger charge is -2.26. The van der Waals surface area contributed by atoms with E-state index in [1.807, 2.05) is 0 Å². The van der Waals surface area contributed by atoms with Crippen LogP contribution in [0.1, 0.15) is 37.9 Å². The molecule has 0 saturated carbocycles. The Morgan fingerprint density at radius 1 is 1.40 bits per heavy atom. The van der Waals surface area contributed by atoms with Crippen LogP contribution in [0.25, 0.3) is 0 Å².